The van der Waals surface area contributed by atoms with E-state index in [4.69, 9.17) is 10.5 Å². The summed E-state index contributed by atoms with van der Waals surface area (Å²) in [5.41, 5.74) is 8.22. The molecule has 2 N–H and O–H groups in total. The van der Waals surface area contributed by atoms with Crippen LogP contribution < -0.4 is 10.5 Å². The van der Waals surface area contributed by atoms with Crippen LogP contribution in [-0.4, -0.2) is 7.11 Å². The molecule has 0 heterocycles. The summed E-state index contributed by atoms with van der Waals surface area (Å²) >= 11 is 0. The van der Waals surface area contributed by atoms with Gasteiger partial charge in [-0.3, -0.25) is 0 Å². The van der Waals surface area contributed by atoms with Crippen molar-refractivity contribution in [2.45, 2.75) is 18.9 Å². The fourth-order valence-corrected chi connectivity index (χ4v) is 2.10. The van der Waals surface area contributed by atoms with Crippen molar-refractivity contribution in [2.75, 3.05) is 7.11 Å². The minimum atomic E-state index is -0.235. The van der Waals surface area contributed by atoms with Gasteiger partial charge < -0.3 is 10.5 Å². The molecule has 1 atom stereocenters. The average Bonchev–Trinajstić information content (AvgIpc) is 2.45. The molecule has 0 spiro atoms. The summed E-state index contributed by atoms with van der Waals surface area (Å²) < 4.78 is 18.2. The van der Waals surface area contributed by atoms with Crippen molar-refractivity contribution in [3.63, 3.8) is 0 Å². The number of aryl methyl sites for hydroxylation is 1. The maximum atomic E-state index is 12.8. The summed E-state index contributed by atoms with van der Waals surface area (Å²) in [5.74, 6) is 0.648. The van der Waals surface area contributed by atoms with Crippen LogP contribution in [-0.2, 0) is 6.42 Å². The molecule has 0 aliphatic rings. The molecule has 0 saturated heterocycles. The lowest BCUT2D eigenvalue weighted by Crippen LogP contribution is -2.11. The first kappa shape index (κ1) is 13.6. The van der Waals surface area contributed by atoms with Crippen LogP contribution >= 0.6 is 0 Å². The van der Waals surface area contributed by atoms with E-state index in [1.54, 1.807) is 19.2 Å². The number of hydrogen-bond donors (Lipinski definition) is 1. The van der Waals surface area contributed by atoms with Crippen LogP contribution in [0.3, 0.4) is 0 Å². The molecular formula is C16H18FNO. The molecule has 2 aromatic carbocycles. The fraction of sp³-hybridized carbons (Fsp3) is 0.250. The molecule has 0 amide bonds. The second-order valence-electron chi connectivity index (χ2n) is 4.51. The van der Waals surface area contributed by atoms with Crippen molar-refractivity contribution in [1.29, 1.82) is 0 Å². The maximum Gasteiger partial charge on any atom is 0.123 e. The largest absolute Gasteiger partial charge is 0.496 e. The van der Waals surface area contributed by atoms with E-state index >= 15 is 0 Å². The zero-order chi connectivity index (χ0) is 13.7. The molecule has 0 radical (unpaired) electrons. The normalized spacial score (nSPS) is 12.2. The van der Waals surface area contributed by atoms with Crippen molar-refractivity contribution in [1.82, 2.24) is 0 Å². The lowest BCUT2D eigenvalue weighted by atomic mass is 9.99. The summed E-state index contributed by atoms with van der Waals surface area (Å²) in [6.45, 7) is 0. The number of nitrogens with two attached hydrogens (primary N) is 1. The molecule has 0 fully saturated rings. The summed E-state index contributed by atoms with van der Waals surface area (Å²) in [7, 11) is 1.67. The number of benzene rings is 2. The van der Waals surface area contributed by atoms with Gasteiger partial charge in [-0.2, -0.15) is 0 Å². The first-order chi connectivity index (χ1) is 9.20. The Kier molecular flexibility index (Phi) is 4.53. The Morgan fingerprint density at radius 1 is 1.11 bits per heavy atom. The Labute approximate surface area is 113 Å². The summed E-state index contributed by atoms with van der Waals surface area (Å²) in [4.78, 5) is 0. The Bertz CT molecular complexity index is 525. The first-order valence-corrected chi connectivity index (χ1v) is 6.33. The minimum absolute atomic E-state index is 0.0921. The lowest BCUT2D eigenvalue weighted by molar-refractivity contribution is 0.408. The van der Waals surface area contributed by atoms with E-state index in [0.29, 0.717) is 0 Å². The van der Waals surface area contributed by atoms with Gasteiger partial charge in [0.05, 0.1) is 7.11 Å². The van der Waals surface area contributed by atoms with Gasteiger partial charge in [-0.1, -0.05) is 30.3 Å². The van der Waals surface area contributed by atoms with Crippen LogP contribution in [0, 0.1) is 5.82 Å². The maximum absolute atomic E-state index is 12.8. The molecule has 19 heavy (non-hydrogen) atoms. The van der Waals surface area contributed by atoms with Gasteiger partial charge in [0, 0.05) is 6.04 Å². The molecule has 1 unspecified atom stereocenters. The van der Waals surface area contributed by atoms with Crippen molar-refractivity contribution in [2.24, 2.45) is 5.73 Å². The van der Waals surface area contributed by atoms with Gasteiger partial charge in [0.2, 0.25) is 0 Å². The molecule has 2 aromatic rings. The molecule has 2 nitrogen and oxygen atoms in total. The Balaban J connectivity index is 2.00. The Morgan fingerprint density at radius 3 is 2.47 bits per heavy atom. The standard InChI is InChI=1S/C16H18FNO/c1-19-16-5-3-2-4-13(16)8-11-15(18)12-6-9-14(17)10-7-12/h2-7,9-10,15H,8,11,18H2,1H3. The van der Waals surface area contributed by atoms with Gasteiger partial charge in [0.1, 0.15) is 11.6 Å². The van der Waals surface area contributed by atoms with Crippen LogP contribution in [0.1, 0.15) is 23.6 Å². The van der Waals surface area contributed by atoms with Crippen LogP contribution in [0.4, 0.5) is 4.39 Å². The first-order valence-electron chi connectivity index (χ1n) is 6.33. The number of methoxy groups -OCH3 is 1. The monoisotopic (exact) mass is 259 g/mol. The summed E-state index contributed by atoms with van der Waals surface area (Å²) in [6.07, 6.45) is 1.63. The molecule has 0 aliphatic heterocycles. The third-order valence-corrected chi connectivity index (χ3v) is 3.22. The highest BCUT2D eigenvalue weighted by Crippen LogP contribution is 2.22. The average molecular weight is 259 g/mol. The van der Waals surface area contributed by atoms with E-state index in [0.717, 1.165) is 29.7 Å². The Hall–Kier alpha value is -1.87. The van der Waals surface area contributed by atoms with Gasteiger partial charge >= 0.3 is 0 Å². The number of halogens is 1. The number of ether oxygens (including phenoxy) is 1. The van der Waals surface area contributed by atoms with E-state index in [9.17, 15) is 4.39 Å². The van der Waals surface area contributed by atoms with Gasteiger partial charge in [0.15, 0.2) is 0 Å². The highest BCUT2D eigenvalue weighted by molar-refractivity contribution is 5.33. The number of para-hydroxylation sites is 1. The summed E-state index contributed by atoms with van der Waals surface area (Å²) in [6, 6.07) is 14.2. The second kappa shape index (κ2) is 6.34. The van der Waals surface area contributed by atoms with Gasteiger partial charge in [-0.15, -0.1) is 0 Å². The van der Waals surface area contributed by atoms with E-state index in [1.165, 1.54) is 12.1 Å². The van der Waals surface area contributed by atoms with Gasteiger partial charge in [-0.25, -0.2) is 4.39 Å². The zero-order valence-electron chi connectivity index (χ0n) is 11.0. The molecule has 0 aliphatic carbocycles. The quantitative estimate of drug-likeness (QED) is 0.892. The molecule has 100 valence electrons. The van der Waals surface area contributed by atoms with E-state index < -0.39 is 0 Å². The summed E-state index contributed by atoms with van der Waals surface area (Å²) in [5, 5.41) is 0. The highest BCUT2D eigenvalue weighted by Gasteiger charge is 2.08. The van der Waals surface area contributed by atoms with E-state index in [1.807, 2.05) is 24.3 Å². The van der Waals surface area contributed by atoms with Gasteiger partial charge in [-0.05, 0) is 42.2 Å². The van der Waals surface area contributed by atoms with Crippen LogP contribution in [0.25, 0.3) is 0 Å². The molecule has 0 bridgehead atoms. The number of rotatable bonds is 5. The van der Waals surface area contributed by atoms with Crippen molar-refractivity contribution in [3.05, 3.63) is 65.5 Å². The highest BCUT2D eigenvalue weighted by atomic mass is 19.1. The molecule has 0 aromatic heterocycles. The third-order valence-electron chi connectivity index (χ3n) is 3.22. The van der Waals surface area contributed by atoms with E-state index in [2.05, 4.69) is 0 Å². The molecular weight excluding hydrogens is 241 g/mol. The zero-order valence-corrected chi connectivity index (χ0v) is 11.0. The predicted molar refractivity (Wildman–Crippen MR) is 74.6 cm³/mol. The molecule has 3 heteroatoms. The SMILES string of the molecule is COc1ccccc1CCC(N)c1ccc(F)cc1. The van der Waals surface area contributed by atoms with Gasteiger partial charge in [0.25, 0.3) is 0 Å². The van der Waals surface area contributed by atoms with Crippen molar-refractivity contribution >= 4 is 0 Å². The van der Waals surface area contributed by atoms with Crippen molar-refractivity contribution < 1.29 is 9.13 Å². The topological polar surface area (TPSA) is 35.2 Å². The predicted octanol–water partition coefficient (Wildman–Crippen LogP) is 3.47. The number of hydrogen-bond acceptors (Lipinski definition) is 2. The minimum Gasteiger partial charge on any atom is -0.496 e. The van der Waals surface area contributed by atoms with E-state index in [-0.39, 0.29) is 11.9 Å². The van der Waals surface area contributed by atoms with Crippen LogP contribution in [0.15, 0.2) is 48.5 Å². The molecule has 0 saturated carbocycles. The van der Waals surface area contributed by atoms with Crippen molar-refractivity contribution in [3.8, 4) is 5.75 Å². The molecule has 2 rings (SSSR count). The van der Waals surface area contributed by atoms with Crippen LogP contribution in [0.2, 0.25) is 0 Å². The fourth-order valence-electron chi connectivity index (χ4n) is 2.10. The smallest absolute Gasteiger partial charge is 0.123 e. The third kappa shape index (κ3) is 3.55. The second-order valence-corrected chi connectivity index (χ2v) is 4.51. The lowest BCUT2D eigenvalue weighted by Gasteiger charge is -2.13. The Morgan fingerprint density at radius 2 is 1.79 bits per heavy atom. The van der Waals surface area contributed by atoms with Crippen LogP contribution in [0.5, 0.6) is 5.75 Å².